The van der Waals surface area contributed by atoms with Crippen LogP contribution in [0.25, 0.3) is 0 Å². The van der Waals surface area contributed by atoms with Crippen molar-refractivity contribution < 1.29 is 121 Å². The molecule has 0 aromatic heterocycles. The third-order valence-corrected chi connectivity index (χ3v) is 16.3. The number of carbonyl (C=O) groups is 2. The number of phenolic OH excluding ortho intramolecular Hbond substituents is 3. The van der Waals surface area contributed by atoms with E-state index in [2.05, 4.69) is 71.8 Å². The third kappa shape index (κ3) is 61.7. The summed E-state index contributed by atoms with van der Waals surface area (Å²) in [5.41, 5.74) is 56.8. The van der Waals surface area contributed by atoms with Gasteiger partial charge in [-0.15, -0.1) is 0 Å². The number of esters is 2. The van der Waals surface area contributed by atoms with E-state index in [1.54, 1.807) is 163 Å². The van der Waals surface area contributed by atoms with Crippen LogP contribution in [0.15, 0.2) is 232 Å². The fourth-order valence-electron chi connectivity index (χ4n) is 9.78. The van der Waals surface area contributed by atoms with Crippen molar-refractivity contribution in [3.8, 4) is 74.7 Å². The Labute approximate surface area is 822 Å². The first-order valence-corrected chi connectivity index (χ1v) is 43.0. The Morgan fingerprint density at radius 2 is 0.674 bits per heavy atom. The molecule has 141 heavy (non-hydrogen) atoms. The van der Waals surface area contributed by atoms with Crippen LogP contribution in [0.2, 0.25) is 0 Å². The summed E-state index contributed by atoms with van der Waals surface area (Å²) in [5.74, 6) is 7.21. The minimum Gasteiger partial charge on any atom is -0.504 e. The fraction of sp³-hybridized carbons (Fsp3) is 0.273. The molecule has 0 heterocycles. The Balaban J connectivity index is 0.00000157. The van der Waals surface area contributed by atoms with Crippen LogP contribution in [0.4, 0.5) is 0 Å². The van der Waals surface area contributed by atoms with E-state index >= 15 is 0 Å². The number of hydrogen-bond acceptors (Lipinski definition) is 24. The number of hydrogen-bond donors (Lipinski definition) is 21. The number of phenols is 3. The smallest absolute Gasteiger partial charge is 0.313 e. The molecule has 8 aromatic carbocycles. The second kappa shape index (κ2) is 73.6. The maximum absolute atomic E-state index is 11.6. The molecule has 0 atom stereocenters. The Bertz CT molecular complexity index is 5630. The summed E-state index contributed by atoms with van der Waals surface area (Å²) in [7, 11) is 10.7. The van der Waals surface area contributed by atoms with Gasteiger partial charge in [0.1, 0.15) is 76.2 Å². The summed E-state index contributed by atoms with van der Waals surface area (Å²) in [6, 6.07) is 48.1. The molecule has 0 radical (unpaired) electrons. The number of allylic oxidation sites excluding steroid dienone is 4. The molecule has 39 N–H and O–H groups in total. The normalized spacial score (nSPS) is 10.6. The predicted octanol–water partition coefficient (Wildman–Crippen LogP) is -5.30. The average Bonchev–Trinajstić information content (AvgIpc) is 0.846. The van der Waals surface area contributed by atoms with E-state index in [1.165, 1.54) is 65.9 Å². The van der Waals surface area contributed by atoms with Crippen LogP contribution in [0.1, 0.15) is 106 Å². The summed E-state index contributed by atoms with van der Waals surface area (Å²) < 4.78 is 50.8. The first-order valence-electron chi connectivity index (χ1n) is 43.0. The molecule has 8 rings (SSSR count). The van der Waals surface area contributed by atoms with E-state index in [1.807, 2.05) is 85.8 Å². The first kappa shape index (κ1) is 123. The van der Waals surface area contributed by atoms with Crippen LogP contribution in [0.5, 0.6) is 74.7 Å². The van der Waals surface area contributed by atoms with Gasteiger partial charge in [0.2, 0.25) is 0 Å². The largest absolute Gasteiger partial charge is 0.504 e. The van der Waals surface area contributed by atoms with Gasteiger partial charge >= 0.3 is 11.9 Å². The van der Waals surface area contributed by atoms with Crippen LogP contribution in [0, 0.1) is 5.92 Å². The van der Waals surface area contributed by atoms with Gasteiger partial charge in [-0.25, -0.2) is 0 Å². The molecule has 0 bridgehead atoms. The number of nitrogens with zero attached hydrogens (tertiary/aromatic N) is 9. The summed E-state index contributed by atoms with van der Waals surface area (Å²) >= 11 is 0. The first-order chi connectivity index (χ1) is 67.1. The van der Waals surface area contributed by atoms with Crippen LogP contribution >= 0.6 is 0 Å². The van der Waals surface area contributed by atoms with Crippen molar-refractivity contribution in [2.24, 2.45) is 102 Å². The molecular weight excluding hydrogens is 1810 g/mol. The molecule has 0 aliphatic heterocycles. The highest BCUT2D eigenvalue weighted by Crippen LogP contribution is 2.32. The van der Waals surface area contributed by atoms with E-state index in [4.69, 9.17) is 148 Å². The Kier molecular flexibility index (Phi) is 64.3. The lowest BCUT2D eigenvalue weighted by Gasteiger charge is -2.11. The average molecular weight is 1950 g/mol. The minimum absolute atomic E-state index is 0.0549. The molecule has 8 aromatic rings. The van der Waals surface area contributed by atoms with E-state index in [0.717, 1.165) is 69.0 Å². The molecule has 0 saturated carbocycles. The summed E-state index contributed by atoms with van der Waals surface area (Å²) in [6.07, 6.45) is 21.2. The van der Waals surface area contributed by atoms with Gasteiger partial charge in [-0.05, 0) is 226 Å². The molecule has 0 spiro atoms. The number of benzene rings is 8. The lowest BCUT2D eigenvalue weighted by molar-refractivity contribution is -0.138. The van der Waals surface area contributed by atoms with Crippen LogP contribution < -0.4 is 148 Å². The molecule has 0 fully saturated rings. The number of nitrogens with two attached hydrogens (primary N) is 18. The number of para-hydroxylation sites is 2. The Morgan fingerprint density at radius 1 is 0.340 bits per heavy atom. The molecule has 42 heteroatoms. The molecule has 0 unspecified atom stereocenters. The molecule has 0 amide bonds. The molecule has 42 nitrogen and oxygen atoms in total. The van der Waals surface area contributed by atoms with Gasteiger partial charge in [-0.1, -0.05) is 49.3 Å². The van der Waals surface area contributed by atoms with Crippen molar-refractivity contribution in [1.82, 2.24) is 0 Å². The van der Waals surface area contributed by atoms with Gasteiger partial charge in [0, 0.05) is 74.0 Å². The number of amidine groups is 9. The zero-order valence-corrected chi connectivity index (χ0v) is 82.7. The Morgan fingerprint density at radius 3 is 1.05 bits per heavy atom. The number of rotatable bonds is 42. The molecule has 0 aliphatic carbocycles. The second-order valence-electron chi connectivity index (χ2n) is 29.5. The lowest BCUT2D eigenvalue weighted by atomic mass is 10.1. The topological polar surface area (TPSA) is 763 Å². The number of aromatic hydroxyl groups is 3. The second-order valence-corrected chi connectivity index (χ2v) is 29.5. The predicted molar refractivity (Wildman–Crippen MR) is 561 cm³/mol. The van der Waals surface area contributed by atoms with Gasteiger partial charge in [0.25, 0.3) is 52.5 Å². The highest BCUT2D eigenvalue weighted by atomic mass is 16.6. The van der Waals surface area contributed by atoms with Gasteiger partial charge in [-0.2, -0.15) is 0 Å². The maximum atomic E-state index is 11.6. The van der Waals surface area contributed by atoms with E-state index in [9.17, 15) is 24.9 Å². The summed E-state index contributed by atoms with van der Waals surface area (Å²) in [6.45, 7) is 16.5. The number of aliphatic imine (C=N–C) groups is 9. The zero-order valence-electron chi connectivity index (χ0n) is 82.7. The molecular formula is C99H144N27O15+9. The minimum atomic E-state index is -0.403. The number of carbonyl (C=O) groups excluding carboxylic acids is 2. The van der Waals surface area contributed by atoms with E-state index < -0.39 is 5.97 Å². The van der Waals surface area contributed by atoms with Crippen LogP contribution in [-0.4, -0.2) is 251 Å². The van der Waals surface area contributed by atoms with Gasteiger partial charge in [-0.3, -0.25) is 155 Å². The summed E-state index contributed by atoms with van der Waals surface area (Å²) in [4.78, 5) is 58.7. The maximum Gasteiger partial charge on any atom is 0.313 e. The third-order valence-electron chi connectivity index (χ3n) is 16.3. The quantitative estimate of drug-likeness (QED) is 0.00559. The molecule has 0 aliphatic rings. The van der Waals surface area contributed by atoms with Crippen molar-refractivity contribution in [3.05, 3.63) is 232 Å². The van der Waals surface area contributed by atoms with Gasteiger partial charge < -0.3 is 62.7 Å². The summed E-state index contributed by atoms with van der Waals surface area (Å²) in [5, 5.41) is 75.9. The van der Waals surface area contributed by atoms with Crippen molar-refractivity contribution in [2.75, 3.05) is 115 Å². The van der Waals surface area contributed by atoms with Gasteiger partial charge in [0.05, 0.1) is 62.3 Å². The molecule has 756 valence electrons. The number of ether oxygens (including phenoxy) is 10. The van der Waals surface area contributed by atoms with E-state index in [-0.39, 0.29) is 91.0 Å². The monoisotopic (exact) mass is 1950 g/mol. The van der Waals surface area contributed by atoms with Gasteiger partial charge in [0.15, 0.2) is 57.5 Å². The van der Waals surface area contributed by atoms with Crippen molar-refractivity contribution in [3.63, 3.8) is 0 Å². The van der Waals surface area contributed by atoms with Crippen molar-refractivity contribution >= 4 is 120 Å². The number of methoxy groups -OCH3 is 7. The van der Waals surface area contributed by atoms with Crippen LogP contribution in [-0.2, 0) is 9.59 Å². The van der Waals surface area contributed by atoms with E-state index in [0.29, 0.717) is 102 Å². The lowest BCUT2D eigenvalue weighted by Crippen LogP contribution is -2.47. The highest BCUT2D eigenvalue weighted by molar-refractivity contribution is 5.91. The highest BCUT2D eigenvalue weighted by Gasteiger charge is 2.15. The molecule has 0 saturated heterocycles. The van der Waals surface area contributed by atoms with Crippen molar-refractivity contribution in [1.29, 1.82) is 0 Å². The van der Waals surface area contributed by atoms with Crippen molar-refractivity contribution in [2.45, 2.75) is 61.3 Å². The standard InChI is InChI=1S/C14H19N3O3.C12H15N3O3.C12H21N3.C11H15N3O.3C10H13N3O2.2C10H13N3O/c1-9(2)14(18)20-11-5-4-10(6-12(11)19-3)7-17-8-13(15)16;1-8(16)18-10-4-3-9(5-11(10)17-2)6-15-7-12(13)14;1-10(2)5-4-6-11(3)7-8-15-9-12(13)14;1-2-15-10-5-3-9(4-6-10)7-14-8-11(12)13;1-15-9-3-2-7(4-8(9)14)5-13-6-10(11)12;1-15-9-4-7(2-3-8(9)14)5-13-6-10(11)12;1-15-8-4-2-3-7(10(8)14)5-13-6-9(11)12;1-14-9-4-2-8(3-5-9)6-13-7-10(11)12;1-14-9-5-3-2-4-8(9)6-13-7-10(11)12/h4-7,9H,8H2,1-3H3,(H3,15,16);3-6H,7H2,1-2H3,(H3,13,14);5,7-8H,4,6,9H2,1-3H3,(H3,13,14);3-7H,2,8H2,1H3,(H3,12,13);3*2-5,14H,6H2,1H3,(H3,11,12);2*2-6H,7H2,1H3,(H3,11,12)/p+9. The SMILES string of the molecule is CC(C)=CCCC(C)=CC=NCC(N)=[NH2+].CCOc1ccc(C=NCC(N)=[NH2+])cc1.COc1cc(C=NCC(N)=[NH2+])ccc1O.COc1cc(C=NCC(N)=[NH2+])ccc1OC(=O)C(C)C.COc1cc(C=NCC(N)=[NH2+])ccc1OC(C)=O.COc1ccc(C=NCC(N)=[NH2+])cc1.COc1ccc(C=NCC(N)=[NH2+])cc1O.COc1cccc(C=NCC(N)=[NH2+])c1O.COc1ccccc1C=NCC(N)=[NH2+]. The fourth-order valence-corrected chi connectivity index (χ4v) is 9.78. The zero-order chi connectivity index (χ0) is 106. The van der Waals surface area contributed by atoms with Crippen LogP contribution in [0.3, 0.4) is 0 Å². The Hall–Kier alpha value is -17.8.